The Morgan fingerprint density at radius 3 is 2.66 bits per heavy atom. The van der Waals surface area contributed by atoms with Crippen molar-refractivity contribution in [1.29, 1.82) is 0 Å². The number of hydrogen-bond donors (Lipinski definition) is 0. The van der Waals surface area contributed by atoms with Crippen LogP contribution in [0.2, 0.25) is 10.0 Å². The second kappa shape index (κ2) is 8.62. The summed E-state index contributed by atoms with van der Waals surface area (Å²) >= 11 is 12.3. The molecule has 0 atom stereocenters. The van der Waals surface area contributed by atoms with E-state index in [2.05, 4.69) is 4.90 Å². The van der Waals surface area contributed by atoms with E-state index in [9.17, 15) is 4.79 Å². The molecule has 0 spiro atoms. The van der Waals surface area contributed by atoms with Gasteiger partial charge in [-0.15, -0.1) is 0 Å². The Balaban J connectivity index is 1.40. The van der Waals surface area contributed by atoms with Gasteiger partial charge in [-0.2, -0.15) is 0 Å². The van der Waals surface area contributed by atoms with Crippen molar-refractivity contribution in [3.8, 4) is 11.5 Å². The third-order valence-electron chi connectivity index (χ3n) is 5.81. The van der Waals surface area contributed by atoms with Crippen LogP contribution in [-0.4, -0.2) is 24.0 Å². The lowest BCUT2D eigenvalue weighted by Crippen LogP contribution is -2.34. The van der Waals surface area contributed by atoms with Crippen LogP contribution in [0.3, 0.4) is 0 Å². The quantitative estimate of drug-likeness (QED) is 0.423. The van der Waals surface area contributed by atoms with E-state index in [0.717, 1.165) is 46.0 Å². The molecular weight excluding hydrogens is 445 g/mol. The molecular formula is C26H21Cl2NO3. The average molecular weight is 466 g/mol. The number of carbonyl (C=O) groups is 1. The SMILES string of the molecule is Cc1cc2c(c3c1C(=O)/C(=C/c1ccc(Cl)cc1)O3)CN(CCc1ccccc1Cl)CO2. The molecule has 5 rings (SSSR count). The zero-order valence-corrected chi connectivity index (χ0v) is 19.0. The summed E-state index contributed by atoms with van der Waals surface area (Å²) in [5, 5.41) is 1.42. The van der Waals surface area contributed by atoms with Crippen molar-refractivity contribution in [3.63, 3.8) is 0 Å². The number of halogens is 2. The van der Waals surface area contributed by atoms with Gasteiger partial charge in [-0.25, -0.2) is 0 Å². The molecule has 0 saturated heterocycles. The van der Waals surface area contributed by atoms with E-state index in [0.29, 0.717) is 35.4 Å². The van der Waals surface area contributed by atoms with Crippen LogP contribution >= 0.6 is 23.2 Å². The summed E-state index contributed by atoms with van der Waals surface area (Å²) in [6.45, 7) is 3.83. The summed E-state index contributed by atoms with van der Waals surface area (Å²) in [7, 11) is 0. The highest BCUT2D eigenvalue weighted by Crippen LogP contribution is 2.44. The minimum atomic E-state index is -0.108. The summed E-state index contributed by atoms with van der Waals surface area (Å²) < 4.78 is 12.1. The lowest BCUT2D eigenvalue weighted by molar-refractivity contribution is 0.0949. The molecule has 2 aliphatic rings. The number of aryl methyl sites for hydroxylation is 1. The van der Waals surface area contributed by atoms with Crippen molar-refractivity contribution in [2.75, 3.05) is 13.3 Å². The van der Waals surface area contributed by atoms with Crippen LogP contribution in [0.1, 0.15) is 32.6 Å². The van der Waals surface area contributed by atoms with Crippen molar-refractivity contribution in [3.05, 3.63) is 98.2 Å². The molecule has 32 heavy (non-hydrogen) atoms. The third-order valence-corrected chi connectivity index (χ3v) is 6.43. The Morgan fingerprint density at radius 1 is 1.09 bits per heavy atom. The molecule has 162 valence electrons. The van der Waals surface area contributed by atoms with Crippen molar-refractivity contribution in [1.82, 2.24) is 4.90 Å². The lowest BCUT2D eigenvalue weighted by atomic mass is 9.98. The predicted molar refractivity (Wildman–Crippen MR) is 127 cm³/mol. The number of nitrogens with zero attached hydrogens (tertiary/aromatic N) is 1. The fourth-order valence-corrected chi connectivity index (χ4v) is 4.47. The topological polar surface area (TPSA) is 38.8 Å². The molecule has 3 aromatic carbocycles. The third kappa shape index (κ3) is 4.02. The molecule has 0 saturated carbocycles. The molecule has 0 unspecified atom stereocenters. The zero-order chi connectivity index (χ0) is 22.2. The van der Waals surface area contributed by atoms with Crippen LogP contribution in [0.25, 0.3) is 6.08 Å². The first-order valence-corrected chi connectivity index (χ1v) is 11.2. The predicted octanol–water partition coefficient (Wildman–Crippen LogP) is 6.31. The maximum Gasteiger partial charge on any atom is 0.232 e. The Kier molecular flexibility index (Phi) is 5.68. The van der Waals surface area contributed by atoms with Gasteiger partial charge in [-0.3, -0.25) is 9.69 Å². The molecule has 2 aliphatic heterocycles. The van der Waals surface area contributed by atoms with E-state index in [1.807, 2.05) is 49.4 Å². The highest BCUT2D eigenvalue weighted by atomic mass is 35.5. The summed E-state index contributed by atoms with van der Waals surface area (Å²) in [5.74, 6) is 1.58. The highest BCUT2D eigenvalue weighted by Gasteiger charge is 2.35. The van der Waals surface area contributed by atoms with Gasteiger partial charge in [-0.05, 0) is 60.4 Å². The number of rotatable bonds is 4. The first-order valence-electron chi connectivity index (χ1n) is 10.4. The number of fused-ring (bicyclic) bond motifs is 3. The number of benzene rings is 3. The largest absolute Gasteiger partial charge is 0.478 e. The number of ketones is 1. The molecule has 6 heteroatoms. The van der Waals surface area contributed by atoms with Crippen LogP contribution in [-0.2, 0) is 13.0 Å². The van der Waals surface area contributed by atoms with Crippen LogP contribution in [0, 0.1) is 6.92 Å². The fourth-order valence-electron chi connectivity index (χ4n) is 4.11. The average Bonchev–Trinajstić information content (AvgIpc) is 3.12. The monoisotopic (exact) mass is 465 g/mol. The molecule has 0 fully saturated rings. The van der Waals surface area contributed by atoms with E-state index >= 15 is 0 Å². The van der Waals surface area contributed by atoms with Crippen molar-refractivity contribution in [2.45, 2.75) is 19.9 Å². The minimum Gasteiger partial charge on any atom is -0.478 e. The molecule has 0 N–H and O–H groups in total. The molecule has 0 amide bonds. The van der Waals surface area contributed by atoms with Gasteiger partial charge >= 0.3 is 0 Å². The number of hydrogen-bond acceptors (Lipinski definition) is 4. The maximum absolute atomic E-state index is 13.1. The van der Waals surface area contributed by atoms with Crippen molar-refractivity contribution < 1.29 is 14.3 Å². The number of carbonyl (C=O) groups excluding carboxylic acids is 1. The Bertz CT molecular complexity index is 1230. The standard InChI is InChI=1S/C26H21Cl2NO3/c1-16-12-22-20(14-29(15-31-22)11-10-18-4-2-3-5-21(18)28)26-24(16)25(30)23(32-26)13-17-6-8-19(27)9-7-17/h2-9,12-13H,10-11,14-15H2,1H3/b23-13-. The molecule has 2 heterocycles. The highest BCUT2D eigenvalue weighted by molar-refractivity contribution is 6.31. The van der Waals surface area contributed by atoms with E-state index in [1.54, 1.807) is 18.2 Å². The molecule has 0 radical (unpaired) electrons. The van der Waals surface area contributed by atoms with Gasteiger partial charge in [0.2, 0.25) is 5.78 Å². The van der Waals surface area contributed by atoms with Crippen LogP contribution in [0.4, 0.5) is 0 Å². The van der Waals surface area contributed by atoms with Crippen LogP contribution in [0.5, 0.6) is 11.5 Å². The van der Waals surface area contributed by atoms with Gasteiger partial charge in [0, 0.05) is 23.1 Å². The second-order valence-corrected chi connectivity index (χ2v) is 8.88. The van der Waals surface area contributed by atoms with Crippen molar-refractivity contribution in [2.24, 2.45) is 0 Å². The molecule has 4 nitrogen and oxygen atoms in total. The Labute approximate surface area is 197 Å². The summed E-state index contributed by atoms with van der Waals surface area (Å²) in [5.41, 5.74) is 4.33. The van der Waals surface area contributed by atoms with E-state index in [-0.39, 0.29) is 5.78 Å². The summed E-state index contributed by atoms with van der Waals surface area (Å²) in [6, 6.07) is 17.1. The normalized spacial score (nSPS) is 16.5. The maximum atomic E-state index is 13.1. The van der Waals surface area contributed by atoms with E-state index in [1.165, 1.54) is 0 Å². The first-order chi connectivity index (χ1) is 15.5. The van der Waals surface area contributed by atoms with Gasteiger partial charge in [-0.1, -0.05) is 53.5 Å². The minimum absolute atomic E-state index is 0.108. The van der Waals surface area contributed by atoms with Crippen LogP contribution < -0.4 is 9.47 Å². The zero-order valence-electron chi connectivity index (χ0n) is 17.5. The number of ether oxygens (including phenoxy) is 2. The second-order valence-electron chi connectivity index (χ2n) is 8.03. The Morgan fingerprint density at radius 2 is 1.88 bits per heavy atom. The lowest BCUT2D eigenvalue weighted by Gasteiger charge is -2.30. The Hall–Kier alpha value is -2.79. The van der Waals surface area contributed by atoms with Crippen LogP contribution in [0.15, 0.2) is 60.4 Å². The molecule has 0 aliphatic carbocycles. The summed E-state index contributed by atoms with van der Waals surface area (Å²) in [6.07, 6.45) is 2.57. The molecule has 0 bridgehead atoms. The number of allylic oxidation sites excluding steroid dienone is 1. The van der Waals surface area contributed by atoms with Crippen molar-refractivity contribution >= 4 is 35.1 Å². The van der Waals surface area contributed by atoms with E-state index in [4.69, 9.17) is 32.7 Å². The first kappa shape index (κ1) is 21.1. The smallest absolute Gasteiger partial charge is 0.232 e. The van der Waals surface area contributed by atoms with Gasteiger partial charge in [0.25, 0.3) is 0 Å². The molecule has 0 aromatic heterocycles. The van der Waals surface area contributed by atoms with Gasteiger partial charge < -0.3 is 9.47 Å². The summed E-state index contributed by atoms with van der Waals surface area (Å²) in [4.78, 5) is 15.3. The van der Waals surface area contributed by atoms with Gasteiger partial charge in [0.15, 0.2) is 5.76 Å². The van der Waals surface area contributed by atoms with Gasteiger partial charge in [0.05, 0.1) is 11.1 Å². The molecule has 3 aromatic rings. The van der Waals surface area contributed by atoms with E-state index < -0.39 is 0 Å². The van der Waals surface area contributed by atoms with Gasteiger partial charge in [0.1, 0.15) is 18.2 Å². The number of Topliss-reactive ketones (excluding diaryl/α,β-unsaturated/α-hetero) is 1. The fraction of sp³-hybridized carbons (Fsp3) is 0.192.